The van der Waals surface area contributed by atoms with Crippen LogP contribution in [0.25, 0.3) is 38.6 Å². The number of H-pyrrole nitrogens is 1. The van der Waals surface area contributed by atoms with Crippen molar-refractivity contribution in [1.29, 1.82) is 0 Å². The van der Waals surface area contributed by atoms with Crippen LogP contribution < -0.4 is 4.74 Å². The van der Waals surface area contributed by atoms with E-state index in [9.17, 15) is 14.3 Å². The molecular formula is C24H18FN3O3. The predicted octanol–water partition coefficient (Wildman–Crippen LogP) is 5.33. The zero-order valence-corrected chi connectivity index (χ0v) is 16.8. The van der Waals surface area contributed by atoms with Crippen molar-refractivity contribution in [2.24, 2.45) is 0 Å². The van der Waals surface area contributed by atoms with Crippen molar-refractivity contribution in [3.63, 3.8) is 0 Å². The van der Waals surface area contributed by atoms with Crippen LogP contribution >= 0.6 is 0 Å². The molecule has 31 heavy (non-hydrogen) atoms. The molecule has 0 unspecified atom stereocenters. The number of ether oxygens (including phenoxy) is 1. The van der Waals surface area contributed by atoms with E-state index in [0.717, 1.165) is 38.6 Å². The monoisotopic (exact) mass is 415 g/mol. The SMILES string of the molecule is COc1cc(C(=O)O)ccc1-c1c(C)n(-c2cccc(F)c2)c2cc3cn[nH]c3cc12. The van der Waals surface area contributed by atoms with Gasteiger partial charge in [-0.2, -0.15) is 5.10 Å². The molecule has 6 nitrogen and oxygen atoms in total. The number of nitrogens with zero attached hydrogens (tertiary/aromatic N) is 2. The van der Waals surface area contributed by atoms with E-state index in [0.29, 0.717) is 11.4 Å². The Bertz CT molecular complexity index is 1480. The second-order valence-electron chi connectivity index (χ2n) is 7.32. The van der Waals surface area contributed by atoms with Crippen LogP contribution in [0.2, 0.25) is 0 Å². The topological polar surface area (TPSA) is 80.1 Å². The molecule has 0 fully saturated rings. The highest BCUT2D eigenvalue weighted by Gasteiger charge is 2.21. The Morgan fingerprint density at radius 3 is 2.74 bits per heavy atom. The molecule has 154 valence electrons. The summed E-state index contributed by atoms with van der Waals surface area (Å²) in [5.41, 5.74) is 5.10. The lowest BCUT2D eigenvalue weighted by molar-refractivity contribution is 0.0696. The van der Waals surface area contributed by atoms with Gasteiger partial charge in [0.15, 0.2) is 0 Å². The first-order valence-corrected chi connectivity index (χ1v) is 9.63. The second-order valence-corrected chi connectivity index (χ2v) is 7.32. The maximum Gasteiger partial charge on any atom is 0.335 e. The van der Waals surface area contributed by atoms with Gasteiger partial charge in [-0.1, -0.05) is 6.07 Å². The molecule has 7 heteroatoms. The number of hydrogen-bond acceptors (Lipinski definition) is 3. The van der Waals surface area contributed by atoms with Gasteiger partial charge in [0, 0.05) is 33.3 Å². The Balaban J connectivity index is 1.89. The summed E-state index contributed by atoms with van der Waals surface area (Å²) in [5.74, 6) is -0.901. The van der Waals surface area contributed by atoms with E-state index >= 15 is 0 Å². The number of carbonyl (C=O) groups is 1. The number of halogens is 1. The first kappa shape index (κ1) is 18.9. The van der Waals surface area contributed by atoms with Crippen molar-refractivity contribution in [1.82, 2.24) is 14.8 Å². The van der Waals surface area contributed by atoms with Crippen molar-refractivity contribution < 1.29 is 19.0 Å². The lowest BCUT2D eigenvalue weighted by atomic mass is 9.99. The number of hydrogen-bond donors (Lipinski definition) is 2. The highest BCUT2D eigenvalue weighted by Crippen LogP contribution is 2.42. The Morgan fingerprint density at radius 1 is 1.16 bits per heavy atom. The van der Waals surface area contributed by atoms with Gasteiger partial charge in [0.25, 0.3) is 0 Å². The minimum absolute atomic E-state index is 0.142. The van der Waals surface area contributed by atoms with Crippen LogP contribution in [0.15, 0.2) is 60.8 Å². The van der Waals surface area contributed by atoms with Crippen molar-refractivity contribution in [2.45, 2.75) is 6.92 Å². The second kappa shape index (κ2) is 6.98. The lowest BCUT2D eigenvalue weighted by Gasteiger charge is -2.12. The van der Waals surface area contributed by atoms with Gasteiger partial charge < -0.3 is 14.4 Å². The average Bonchev–Trinajstić information content (AvgIpc) is 3.32. The fraction of sp³-hybridized carbons (Fsp3) is 0.0833. The van der Waals surface area contributed by atoms with Gasteiger partial charge in [0.2, 0.25) is 0 Å². The quantitative estimate of drug-likeness (QED) is 0.416. The Kier molecular flexibility index (Phi) is 4.25. The number of fused-ring (bicyclic) bond motifs is 2. The summed E-state index contributed by atoms with van der Waals surface area (Å²) in [4.78, 5) is 11.4. The van der Waals surface area contributed by atoms with Gasteiger partial charge in [0.05, 0.1) is 29.9 Å². The van der Waals surface area contributed by atoms with E-state index in [-0.39, 0.29) is 11.4 Å². The van der Waals surface area contributed by atoms with Crippen molar-refractivity contribution >= 4 is 27.8 Å². The van der Waals surface area contributed by atoms with Gasteiger partial charge in [0.1, 0.15) is 11.6 Å². The summed E-state index contributed by atoms with van der Waals surface area (Å²) in [6.07, 6.45) is 1.74. The van der Waals surface area contributed by atoms with Crippen LogP contribution in [0.5, 0.6) is 5.75 Å². The minimum Gasteiger partial charge on any atom is -0.496 e. The number of aromatic carboxylic acids is 1. The van der Waals surface area contributed by atoms with Gasteiger partial charge in [-0.05, 0) is 55.5 Å². The molecule has 0 aliphatic heterocycles. The maximum atomic E-state index is 14.1. The normalized spacial score (nSPS) is 11.3. The van der Waals surface area contributed by atoms with E-state index in [1.54, 1.807) is 24.4 Å². The standard InChI is InChI=1S/C24H18FN3O3/c1-13-23(18-7-6-14(24(29)30)9-22(18)31-2)19-11-20-15(12-26-27-20)8-21(19)28(13)17-5-3-4-16(25)10-17/h3-12H,1-2H3,(H,26,27)(H,29,30). The molecule has 0 saturated carbocycles. The number of nitrogens with one attached hydrogen (secondary N) is 1. The van der Waals surface area contributed by atoms with E-state index < -0.39 is 5.97 Å². The lowest BCUT2D eigenvalue weighted by Crippen LogP contribution is -1.99. The van der Waals surface area contributed by atoms with Gasteiger partial charge in [-0.3, -0.25) is 5.10 Å². The summed E-state index contributed by atoms with van der Waals surface area (Å²) in [7, 11) is 1.51. The Hall–Kier alpha value is -4.13. The number of benzene rings is 3. The molecule has 0 aliphatic rings. The summed E-state index contributed by atoms with van der Waals surface area (Å²) < 4.78 is 21.6. The molecule has 5 aromatic rings. The third-order valence-corrected chi connectivity index (χ3v) is 5.55. The zero-order valence-electron chi connectivity index (χ0n) is 16.8. The molecule has 2 heterocycles. The Labute approximate surface area is 176 Å². The van der Waals surface area contributed by atoms with E-state index in [2.05, 4.69) is 10.2 Å². The number of aromatic amines is 1. The van der Waals surface area contributed by atoms with Crippen LogP contribution in [0.4, 0.5) is 4.39 Å². The fourth-order valence-corrected chi connectivity index (χ4v) is 4.17. The summed E-state index contributed by atoms with van der Waals surface area (Å²) in [5, 5.41) is 18.3. The molecule has 0 radical (unpaired) electrons. The van der Waals surface area contributed by atoms with Gasteiger partial charge >= 0.3 is 5.97 Å². The van der Waals surface area contributed by atoms with E-state index in [1.165, 1.54) is 25.3 Å². The summed E-state index contributed by atoms with van der Waals surface area (Å²) in [6, 6.07) is 15.2. The highest BCUT2D eigenvalue weighted by molar-refractivity contribution is 6.06. The molecule has 0 atom stereocenters. The van der Waals surface area contributed by atoms with Gasteiger partial charge in [-0.15, -0.1) is 0 Å². The van der Waals surface area contributed by atoms with Crippen LogP contribution in [0.1, 0.15) is 16.1 Å². The average molecular weight is 415 g/mol. The first-order chi connectivity index (χ1) is 15.0. The number of rotatable bonds is 4. The minimum atomic E-state index is -1.03. The van der Waals surface area contributed by atoms with Crippen molar-refractivity contribution in [3.05, 3.63) is 77.9 Å². The largest absolute Gasteiger partial charge is 0.496 e. The first-order valence-electron chi connectivity index (χ1n) is 9.63. The molecule has 0 bridgehead atoms. The number of carboxylic acid groups (broad SMARTS) is 1. The molecular weight excluding hydrogens is 397 g/mol. The van der Waals surface area contributed by atoms with Gasteiger partial charge in [-0.25, -0.2) is 9.18 Å². The molecule has 2 N–H and O–H groups in total. The number of methoxy groups -OCH3 is 1. The third kappa shape index (κ3) is 2.93. The number of aromatic nitrogens is 3. The van der Waals surface area contributed by atoms with E-state index in [1.807, 2.05) is 29.7 Å². The molecule has 0 aliphatic carbocycles. The number of carboxylic acids is 1. The molecule has 0 saturated heterocycles. The summed E-state index contributed by atoms with van der Waals surface area (Å²) in [6.45, 7) is 1.96. The zero-order chi connectivity index (χ0) is 21.7. The van der Waals surface area contributed by atoms with Crippen molar-refractivity contribution in [3.8, 4) is 22.6 Å². The maximum absolute atomic E-state index is 14.1. The van der Waals surface area contributed by atoms with Crippen LogP contribution in [0, 0.1) is 12.7 Å². The molecule has 2 aromatic heterocycles. The molecule has 5 rings (SSSR count). The van der Waals surface area contributed by atoms with Crippen LogP contribution in [0.3, 0.4) is 0 Å². The Morgan fingerprint density at radius 2 is 2.00 bits per heavy atom. The third-order valence-electron chi connectivity index (χ3n) is 5.55. The molecule has 0 spiro atoms. The molecule has 3 aromatic carbocycles. The predicted molar refractivity (Wildman–Crippen MR) is 117 cm³/mol. The van der Waals surface area contributed by atoms with Crippen LogP contribution in [-0.2, 0) is 0 Å². The van der Waals surface area contributed by atoms with Crippen molar-refractivity contribution in [2.75, 3.05) is 7.11 Å². The summed E-state index contributed by atoms with van der Waals surface area (Å²) >= 11 is 0. The molecule has 0 amide bonds. The van der Waals surface area contributed by atoms with E-state index in [4.69, 9.17) is 4.74 Å². The highest BCUT2D eigenvalue weighted by atomic mass is 19.1. The van der Waals surface area contributed by atoms with Crippen LogP contribution in [-0.4, -0.2) is 33.0 Å². The smallest absolute Gasteiger partial charge is 0.335 e. The fourth-order valence-electron chi connectivity index (χ4n) is 4.17.